The first-order valence-electron chi connectivity index (χ1n) is 8.39. The summed E-state index contributed by atoms with van der Waals surface area (Å²) in [6, 6.07) is 0. The molecule has 1 aliphatic heterocycles. The van der Waals surface area contributed by atoms with Crippen molar-refractivity contribution in [2.75, 3.05) is 27.4 Å². The van der Waals surface area contributed by atoms with E-state index in [0.29, 0.717) is 18.6 Å². The second-order valence-electron chi connectivity index (χ2n) is 6.00. The van der Waals surface area contributed by atoms with Crippen molar-refractivity contribution < 1.29 is 28.2 Å². The van der Waals surface area contributed by atoms with Gasteiger partial charge in [0.15, 0.2) is 6.23 Å². The summed E-state index contributed by atoms with van der Waals surface area (Å²) in [6.45, 7) is 0.456. The lowest BCUT2D eigenvalue weighted by atomic mass is 10.1. The van der Waals surface area contributed by atoms with E-state index in [9.17, 15) is 14.5 Å². The van der Waals surface area contributed by atoms with Gasteiger partial charge in [0.25, 0.3) is 5.56 Å². The summed E-state index contributed by atoms with van der Waals surface area (Å²) in [5, 5.41) is 0. The first-order valence-corrected chi connectivity index (χ1v) is 11.0. The van der Waals surface area contributed by atoms with Crippen molar-refractivity contribution >= 4 is 18.5 Å². The fraction of sp³-hybridized carbons (Fsp3) is 0.733. The molecule has 12 heteroatoms. The number of aromatic nitrogens is 2. The molecule has 1 aliphatic rings. The maximum absolute atomic E-state index is 12.3. The molecule has 0 amide bonds. The summed E-state index contributed by atoms with van der Waals surface area (Å²) in [7, 11) is 2.79. The maximum Gasteiger partial charge on any atom is 0.330 e. The van der Waals surface area contributed by atoms with Crippen LogP contribution in [0.4, 0.5) is 0 Å². The van der Waals surface area contributed by atoms with Gasteiger partial charge in [-0.05, 0) is 25.2 Å². The topological polar surface area (TPSA) is 121 Å². The van der Waals surface area contributed by atoms with Gasteiger partial charge in [0.05, 0.1) is 19.3 Å². The zero-order valence-electron chi connectivity index (χ0n) is 15.6. The third-order valence-electron chi connectivity index (χ3n) is 4.19. The van der Waals surface area contributed by atoms with Crippen LogP contribution in [-0.2, 0) is 35.1 Å². The molecular weight excluding hydrogens is 399 g/mol. The van der Waals surface area contributed by atoms with Crippen molar-refractivity contribution in [3.63, 3.8) is 0 Å². The Morgan fingerprint density at radius 1 is 1.33 bits per heavy atom. The van der Waals surface area contributed by atoms with Crippen molar-refractivity contribution in [2.24, 2.45) is 0 Å². The minimum Gasteiger partial charge on any atom is -0.382 e. The van der Waals surface area contributed by atoms with Gasteiger partial charge < -0.3 is 23.6 Å². The van der Waals surface area contributed by atoms with Crippen molar-refractivity contribution in [3.8, 4) is 0 Å². The Morgan fingerprint density at radius 2 is 2.04 bits per heavy atom. The molecule has 0 radical (unpaired) electrons. The highest BCUT2D eigenvalue weighted by molar-refractivity contribution is 8.07. The van der Waals surface area contributed by atoms with Gasteiger partial charge >= 0.3 is 12.4 Å². The van der Waals surface area contributed by atoms with E-state index in [1.54, 1.807) is 6.92 Å². The first-order chi connectivity index (χ1) is 12.7. The molecule has 0 saturated carbocycles. The smallest absolute Gasteiger partial charge is 0.330 e. The van der Waals surface area contributed by atoms with E-state index in [-0.39, 0.29) is 6.61 Å². The normalized spacial score (nSPS) is 27.6. The average Bonchev–Trinajstić information content (AvgIpc) is 2.95. The lowest BCUT2D eigenvalue weighted by molar-refractivity contribution is -0.0786. The van der Waals surface area contributed by atoms with Crippen LogP contribution in [0.25, 0.3) is 0 Å². The van der Waals surface area contributed by atoms with Crippen molar-refractivity contribution in [1.29, 1.82) is 0 Å². The van der Waals surface area contributed by atoms with Crippen LogP contribution in [0.3, 0.4) is 0 Å². The molecule has 1 fully saturated rings. The number of methoxy groups -OCH3 is 1. The Hall–Kier alpha value is -0.910. The van der Waals surface area contributed by atoms with Gasteiger partial charge in [0, 0.05) is 26.0 Å². The van der Waals surface area contributed by atoms with E-state index >= 15 is 0 Å². The molecule has 0 bridgehead atoms. The fourth-order valence-corrected chi connectivity index (χ4v) is 3.75. The third-order valence-corrected chi connectivity index (χ3v) is 5.87. The van der Waals surface area contributed by atoms with Gasteiger partial charge in [-0.15, -0.1) is 0 Å². The van der Waals surface area contributed by atoms with Gasteiger partial charge in [-0.1, -0.05) is 6.92 Å². The molecule has 2 N–H and O–H groups in total. The standard InChI is InChI=1S/C15H25N2O8PS/c1-5-10-11(25-26(20,27)22-4)12(23-7-6-21-3)14(24-10)17-8-9(2)13(18)16-15(17)19/h8,10-12,14H,5-7H2,1-4H3,(H,20,27)(H,16,18,19)/t10-,11?,12?,14-,26?/m1/s1. The van der Waals surface area contributed by atoms with E-state index in [0.717, 1.165) is 0 Å². The van der Waals surface area contributed by atoms with Crippen molar-refractivity contribution in [1.82, 2.24) is 9.55 Å². The van der Waals surface area contributed by atoms with E-state index in [1.165, 1.54) is 25.0 Å². The molecular formula is C15H25N2O8PS. The van der Waals surface area contributed by atoms with E-state index in [1.807, 2.05) is 6.92 Å². The van der Waals surface area contributed by atoms with E-state index in [4.69, 9.17) is 35.1 Å². The summed E-state index contributed by atoms with van der Waals surface area (Å²) < 4.78 is 28.6. The van der Waals surface area contributed by atoms with Crippen LogP contribution >= 0.6 is 6.72 Å². The molecule has 3 unspecified atom stereocenters. The molecule has 1 aromatic rings. The number of aromatic amines is 1. The Morgan fingerprint density at radius 3 is 2.63 bits per heavy atom. The molecule has 0 aliphatic carbocycles. The van der Waals surface area contributed by atoms with Crippen molar-refractivity contribution in [2.45, 2.75) is 44.8 Å². The summed E-state index contributed by atoms with van der Waals surface area (Å²) in [5.41, 5.74) is -0.770. The largest absolute Gasteiger partial charge is 0.382 e. The van der Waals surface area contributed by atoms with Crippen LogP contribution in [0.1, 0.15) is 25.1 Å². The SMILES string of the molecule is CC[C@H]1O[C@@H](n2cc(C)c(=O)[nH]c2=O)C(OCCOC)C1OP(O)(=S)OC. The van der Waals surface area contributed by atoms with Gasteiger partial charge in [0.1, 0.15) is 12.2 Å². The number of nitrogens with zero attached hydrogens (tertiary/aromatic N) is 1. The molecule has 0 spiro atoms. The second kappa shape index (κ2) is 9.53. The number of H-pyrrole nitrogens is 1. The van der Waals surface area contributed by atoms with Crippen LogP contribution < -0.4 is 11.2 Å². The molecule has 2 heterocycles. The molecule has 1 saturated heterocycles. The Balaban J connectivity index is 2.42. The molecule has 5 atom stereocenters. The van der Waals surface area contributed by atoms with Gasteiger partial charge in [-0.25, -0.2) is 4.79 Å². The highest BCUT2D eigenvalue weighted by atomic mass is 32.5. The van der Waals surface area contributed by atoms with E-state index in [2.05, 4.69) is 4.98 Å². The predicted octanol–water partition coefficient (Wildman–Crippen LogP) is 0.432. The number of hydrogen-bond acceptors (Lipinski definition) is 8. The number of hydrogen-bond donors (Lipinski definition) is 2. The summed E-state index contributed by atoms with van der Waals surface area (Å²) in [5.74, 6) is 0. The number of aryl methyl sites for hydroxylation is 1. The van der Waals surface area contributed by atoms with Crippen LogP contribution in [0, 0.1) is 6.92 Å². The number of nitrogens with one attached hydrogen (secondary N) is 1. The van der Waals surface area contributed by atoms with Gasteiger partial charge in [-0.3, -0.25) is 18.9 Å². The average molecular weight is 424 g/mol. The van der Waals surface area contributed by atoms with Gasteiger partial charge in [-0.2, -0.15) is 0 Å². The monoisotopic (exact) mass is 424 g/mol. The molecule has 27 heavy (non-hydrogen) atoms. The minimum absolute atomic E-state index is 0.204. The van der Waals surface area contributed by atoms with Crippen LogP contribution in [0.5, 0.6) is 0 Å². The van der Waals surface area contributed by atoms with Crippen LogP contribution in [0.2, 0.25) is 0 Å². The Labute approximate surface area is 161 Å². The molecule has 1 aromatic heterocycles. The third kappa shape index (κ3) is 5.33. The summed E-state index contributed by atoms with van der Waals surface area (Å²) >= 11 is 4.96. The van der Waals surface area contributed by atoms with E-state index < -0.39 is 42.5 Å². The molecule has 10 nitrogen and oxygen atoms in total. The lowest BCUT2D eigenvalue weighted by Crippen LogP contribution is -2.41. The molecule has 2 rings (SSSR count). The van der Waals surface area contributed by atoms with Gasteiger partial charge in [0.2, 0.25) is 0 Å². The predicted molar refractivity (Wildman–Crippen MR) is 100 cm³/mol. The Kier molecular flexibility index (Phi) is 7.90. The minimum atomic E-state index is -3.50. The maximum atomic E-state index is 12.3. The van der Waals surface area contributed by atoms with Crippen LogP contribution in [-0.4, -0.2) is 60.2 Å². The summed E-state index contributed by atoms with van der Waals surface area (Å²) in [6.07, 6.45) is -1.03. The highest BCUT2D eigenvalue weighted by Crippen LogP contribution is 2.48. The molecule has 154 valence electrons. The quantitative estimate of drug-likeness (QED) is 0.429. The first kappa shape index (κ1) is 22.4. The second-order valence-corrected chi connectivity index (χ2v) is 8.90. The van der Waals surface area contributed by atoms with Crippen molar-refractivity contribution in [3.05, 3.63) is 32.6 Å². The number of ether oxygens (including phenoxy) is 3. The number of rotatable bonds is 9. The van der Waals surface area contributed by atoms with Crippen LogP contribution in [0.15, 0.2) is 15.8 Å². The summed E-state index contributed by atoms with van der Waals surface area (Å²) in [4.78, 5) is 36.3. The zero-order chi connectivity index (χ0) is 20.2. The zero-order valence-corrected chi connectivity index (χ0v) is 17.3. The lowest BCUT2D eigenvalue weighted by Gasteiger charge is -2.27. The Bertz CT molecular complexity index is 797. The molecule has 0 aromatic carbocycles. The highest BCUT2D eigenvalue weighted by Gasteiger charge is 2.49. The fourth-order valence-electron chi connectivity index (χ4n) is 2.80.